The van der Waals surface area contributed by atoms with Crippen LogP contribution in [0.3, 0.4) is 0 Å². The van der Waals surface area contributed by atoms with Crippen molar-refractivity contribution in [3.05, 3.63) is 32.4 Å². The molecule has 0 radical (unpaired) electrons. The van der Waals surface area contributed by atoms with Crippen molar-refractivity contribution in [3.63, 3.8) is 0 Å². The summed E-state index contributed by atoms with van der Waals surface area (Å²) in [5.41, 5.74) is 8.51. The Labute approximate surface area is 155 Å². The van der Waals surface area contributed by atoms with Crippen LogP contribution in [0.15, 0.2) is 0 Å². The second kappa shape index (κ2) is 7.17. The molecule has 0 aromatic carbocycles. The Balaban J connectivity index is 1.83. The molecule has 3 N–H and O–H groups in total. The lowest BCUT2D eigenvalue weighted by Gasteiger charge is -2.07. The van der Waals surface area contributed by atoms with E-state index in [0.29, 0.717) is 21.3 Å². The van der Waals surface area contributed by atoms with E-state index in [2.05, 4.69) is 10.4 Å². The number of carbonyl (C=O) groups is 2. The predicted molar refractivity (Wildman–Crippen MR) is 99.4 cm³/mol. The lowest BCUT2D eigenvalue weighted by Crippen LogP contribution is -2.22. The van der Waals surface area contributed by atoms with Gasteiger partial charge in [-0.15, -0.1) is 11.3 Å². The third kappa shape index (κ3) is 3.57. The highest BCUT2D eigenvalue weighted by Crippen LogP contribution is 2.37. The van der Waals surface area contributed by atoms with E-state index in [1.807, 2.05) is 6.92 Å². The number of halogens is 1. The van der Waals surface area contributed by atoms with Gasteiger partial charge in [-0.2, -0.15) is 5.10 Å². The van der Waals surface area contributed by atoms with Crippen LogP contribution in [-0.2, 0) is 24.2 Å². The molecular formula is C17H21ClN4O2S. The fraction of sp³-hybridized carbons (Fsp3) is 0.471. The zero-order valence-electron chi connectivity index (χ0n) is 14.3. The van der Waals surface area contributed by atoms with E-state index in [-0.39, 0.29) is 12.5 Å². The van der Waals surface area contributed by atoms with Crippen molar-refractivity contribution in [2.45, 2.75) is 52.5 Å². The standard InChI is InChI=1S/C17H21ClN4O2S/c1-9-15(18)10(2)22(21-9)8-13(23)20-17-14(16(19)24)11-6-4-3-5-7-12(11)25-17/h3-8H2,1-2H3,(H2,19,24)(H,20,23). The predicted octanol–water partition coefficient (Wildman–Crippen LogP) is 3.22. The molecule has 0 bridgehead atoms. The van der Waals surface area contributed by atoms with Gasteiger partial charge >= 0.3 is 0 Å². The summed E-state index contributed by atoms with van der Waals surface area (Å²) >= 11 is 7.59. The molecule has 0 atom stereocenters. The van der Waals surface area contributed by atoms with Gasteiger partial charge in [0.15, 0.2) is 0 Å². The van der Waals surface area contributed by atoms with Crippen molar-refractivity contribution in [1.82, 2.24) is 9.78 Å². The van der Waals surface area contributed by atoms with E-state index in [1.165, 1.54) is 11.3 Å². The van der Waals surface area contributed by atoms with Gasteiger partial charge in [0, 0.05) is 4.88 Å². The molecule has 2 aromatic heterocycles. The third-order valence-electron chi connectivity index (χ3n) is 4.51. The van der Waals surface area contributed by atoms with Crippen molar-refractivity contribution < 1.29 is 9.59 Å². The van der Waals surface area contributed by atoms with Crippen molar-refractivity contribution in [2.75, 3.05) is 5.32 Å². The Hall–Kier alpha value is -1.86. The number of nitrogens with zero attached hydrogens (tertiary/aromatic N) is 2. The second-order valence-electron chi connectivity index (χ2n) is 6.32. The van der Waals surface area contributed by atoms with Crippen LogP contribution in [0.2, 0.25) is 5.02 Å². The number of fused-ring (bicyclic) bond motifs is 1. The number of nitrogens with two attached hydrogens (primary N) is 1. The van der Waals surface area contributed by atoms with E-state index in [4.69, 9.17) is 17.3 Å². The molecule has 0 saturated carbocycles. The maximum Gasteiger partial charge on any atom is 0.251 e. The number of aromatic nitrogens is 2. The Bertz CT molecular complexity index is 840. The molecule has 3 rings (SSSR count). The molecule has 1 aliphatic rings. The first-order valence-electron chi connectivity index (χ1n) is 8.32. The van der Waals surface area contributed by atoms with Crippen molar-refractivity contribution >= 4 is 39.8 Å². The number of anilines is 1. The maximum atomic E-state index is 12.4. The molecule has 25 heavy (non-hydrogen) atoms. The SMILES string of the molecule is Cc1nn(CC(=O)Nc2sc3c(c2C(N)=O)CCCCC3)c(C)c1Cl. The topological polar surface area (TPSA) is 90.0 Å². The first kappa shape index (κ1) is 17.9. The first-order chi connectivity index (χ1) is 11.9. The number of primary amides is 1. The van der Waals surface area contributed by atoms with Crippen LogP contribution in [0.1, 0.15) is 51.4 Å². The second-order valence-corrected chi connectivity index (χ2v) is 7.81. The minimum Gasteiger partial charge on any atom is -0.365 e. The zero-order chi connectivity index (χ0) is 18.1. The van der Waals surface area contributed by atoms with Gasteiger partial charge in [-0.3, -0.25) is 14.3 Å². The molecule has 0 saturated heterocycles. The molecule has 2 heterocycles. The van der Waals surface area contributed by atoms with Gasteiger partial charge in [0.25, 0.3) is 5.91 Å². The van der Waals surface area contributed by atoms with Gasteiger partial charge in [0.05, 0.1) is 22.0 Å². The van der Waals surface area contributed by atoms with Crippen molar-refractivity contribution in [3.8, 4) is 0 Å². The number of hydrogen-bond acceptors (Lipinski definition) is 4. The van der Waals surface area contributed by atoms with Crippen LogP contribution in [0.4, 0.5) is 5.00 Å². The molecule has 2 amide bonds. The maximum absolute atomic E-state index is 12.4. The molecule has 2 aromatic rings. The molecule has 0 unspecified atom stereocenters. The number of aryl methyl sites for hydroxylation is 2. The van der Waals surface area contributed by atoms with Crippen molar-refractivity contribution in [1.29, 1.82) is 0 Å². The van der Waals surface area contributed by atoms with Crippen LogP contribution < -0.4 is 11.1 Å². The van der Waals surface area contributed by atoms with Gasteiger partial charge < -0.3 is 11.1 Å². The third-order valence-corrected chi connectivity index (χ3v) is 6.26. The number of rotatable bonds is 4. The molecule has 0 aliphatic heterocycles. The van der Waals surface area contributed by atoms with Crippen LogP contribution in [0.25, 0.3) is 0 Å². The van der Waals surface area contributed by atoms with E-state index < -0.39 is 5.91 Å². The summed E-state index contributed by atoms with van der Waals surface area (Å²) in [6, 6.07) is 0. The summed E-state index contributed by atoms with van der Waals surface area (Å²) in [7, 11) is 0. The highest BCUT2D eigenvalue weighted by atomic mass is 35.5. The van der Waals surface area contributed by atoms with Gasteiger partial charge in [-0.05, 0) is 45.1 Å². The zero-order valence-corrected chi connectivity index (χ0v) is 15.9. The summed E-state index contributed by atoms with van der Waals surface area (Å²) in [6.45, 7) is 3.66. The fourth-order valence-electron chi connectivity index (χ4n) is 3.22. The average molecular weight is 381 g/mol. The van der Waals surface area contributed by atoms with E-state index in [0.717, 1.165) is 48.2 Å². The summed E-state index contributed by atoms with van der Waals surface area (Å²) in [5.74, 6) is -0.731. The molecule has 6 nitrogen and oxygen atoms in total. The Kier molecular flexibility index (Phi) is 5.15. The number of thiophene rings is 1. The number of hydrogen-bond donors (Lipinski definition) is 2. The Morgan fingerprint density at radius 3 is 2.64 bits per heavy atom. The molecule has 1 aliphatic carbocycles. The van der Waals surface area contributed by atoms with Crippen LogP contribution in [-0.4, -0.2) is 21.6 Å². The van der Waals surface area contributed by atoms with Crippen LogP contribution in [0.5, 0.6) is 0 Å². The average Bonchev–Trinajstić information content (AvgIpc) is 2.88. The van der Waals surface area contributed by atoms with Gasteiger partial charge in [0.1, 0.15) is 11.5 Å². The Morgan fingerprint density at radius 2 is 2.00 bits per heavy atom. The molecular weight excluding hydrogens is 360 g/mol. The molecule has 134 valence electrons. The number of amides is 2. The smallest absolute Gasteiger partial charge is 0.251 e. The Morgan fingerprint density at radius 1 is 1.28 bits per heavy atom. The summed E-state index contributed by atoms with van der Waals surface area (Å²) in [5, 5.41) is 8.23. The number of nitrogens with one attached hydrogen (secondary N) is 1. The van der Waals surface area contributed by atoms with E-state index >= 15 is 0 Å². The quantitative estimate of drug-likeness (QED) is 0.798. The van der Waals surface area contributed by atoms with Gasteiger partial charge in [-0.25, -0.2) is 0 Å². The highest BCUT2D eigenvalue weighted by Gasteiger charge is 2.24. The minimum absolute atomic E-state index is 0.0418. The minimum atomic E-state index is -0.483. The van der Waals surface area contributed by atoms with Crippen molar-refractivity contribution in [2.24, 2.45) is 5.73 Å². The molecule has 8 heteroatoms. The fourth-order valence-corrected chi connectivity index (χ4v) is 4.67. The number of carbonyl (C=O) groups excluding carboxylic acids is 2. The summed E-state index contributed by atoms with van der Waals surface area (Å²) in [4.78, 5) is 25.6. The lowest BCUT2D eigenvalue weighted by molar-refractivity contribution is -0.116. The van der Waals surface area contributed by atoms with E-state index in [1.54, 1.807) is 11.6 Å². The summed E-state index contributed by atoms with van der Waals surface area (Å²) in [6.07, 6.45) is 5.07. The van der Waals surface area contributed by atoms with Gasteiger partial charge in [-0.1, -0.05) is 18.0 Å². The van der Waals surface area contributed by atoms with Gasteiger partial charge in [0.2, 0.25) is 5.91 Å². The van der Waals surface area contributed by atoms with Crippen LogP contribution >= 0.6 is 22.9 Å². The monoisotopic (exact) mass is 380 g/mol. The normalized spacial score (nSPS) is 14.0. The molecule has 0 fully saturated rings. The van der Waals surface area contributed by atoms with E-state index in [9.17, 15) is 9.59 Å². The highest BCUT2D eigenvalue weighted by molar-refractivity contribution is 7.17. The summed E-state index contributed by atoms with van der Waals surface area (Å²) < 4.78 is 1.56. The van der Waals surface area contributed by atoms with Crippen LogP contribution in [0, 0.1) is 13.8 Å². The first-order valence-corrected chi connectivity index (χ1v) is 9.51. The largest absolute Gasteiger partial charge is 0.365 e. The molecule has 0 spiro atoms. The lowest BCUT2D eigenvalue weighted by atomic mass is 10.1.